The molecule has 28 heavy (non-hydrogen) atoms. The van der Waals surface area contributed by atoms with Gasteiger partial charge in [-0.25, -0.2) is 15.0 Å². The zero-order valence-corrected chi connectivity index (χ0v) is 15.3. The van der Waals surface area contributed by atoms with Crippen molar-refractivity contribution in [1.82, 2.24) is 24.8 Å². The van der Waals surface area contributed by atoms with E-state index in [9.17, 15) is 14.4 Å². The number of nitrogens with two attached hydrogens (primary N) is 1. The van der Waals surface area contributed by atoms with Crippen LogP contribution in [0.2, 0.25) is 5.15 Å². The maximum atomic E-state index is 12.2. The molecule has 0 atom stereocenters. The lowest BCUT2D eigenvalue weighted by Gasteiger charge is -2.09. The maximum absolute atomic E-state index is 12.2. The topological polar surface area (TPSA) is 145 Å². The second-order valence-electron chi connectivity index (χ2n) is 5.45. The molecule has 0 bridgehead atoms. The van der Waals surface area contributed by atoms with Crippen molar-refractivity contribution in [2.75, 3.05) is 12.4 Å². The molecule has 0 unspecified atom stereocenters. The lowest BCUT2D eigenvalue weighted by Crippen LogP contribution is -2.25. The van der Waals surface area contributed by atoms with Gasteiger partial charge in [0.2, 0.25) is 0 Å². The first-order valence-electron chi connectivity index (χ1n) is 7.90. The molecular formula is C17H14ClN7O3. The third-order valence-electron chi connectivity index (χ3n) is 3.72. The van der Waals surface area contributed by atoms with Crippen LogP contribution in [0.5, 0.6) is 0 Å². The molecule has 2 heterocycles. The third-order valence-corrected chi connectivity index (χ3v) is 3.99. The highest BCUT2D eigenvalue weighted by Crippen LogP contribution is 2.19. The van der Waals surface area contributed by atoms with Crippen molar-refractivity contribution < 1.29 is 14.4 Å². The summed E-state index contributed by atoms with van der Waals surface area (Å²) in [6.07, 6.45) is 4.05. The van der Waals surface area contributed by atoms with Crippen LogP contribution in [-0.2, 0) is 0 Å². The molecule has 0 radical (unpaired) electrons. The number of carbonyl (C=O) groups is 3. The van der Waals surface area contributed by atoms with E-state index in [1.54, 1.807) is 24.3 Å². The van der Waals surface area contributed by atoms with Crippen LogP contribution in [0.25, 0.3) is 5.69 Å². The molecule has 10 nitrogen and oxygen atoms in total. The number of aromatic nitrogens is 4. The summed E-state index contributed by atoms with van der Waals surface area (Å²) in [7, 11) is 1.42. The number of carbonyl (C=O) groups excluding carboxylic acids is 3. The van der Waals surface area contributed by atoms with Gasteiger partial charge >= 0.3 is 0 Å². The predicted octanol–water partition coefficient (Wildman–Crippen LogP) is 1.03. The molecule has 0 saturated carbocycles. The van der Waals surface area contributed by atoms with E-state index >= 15 is 0 Å². The number of nitrogens with zero attached hydrogens (tertiary/aromatic N) is 4. The Balaban J connectivity index is 1.87. The van der Waals surface area contributed by atoms with Gasteiger partial charge in [-0.15, -0.1) is 0 Å². The van der Waals surface area contributed by atoms with E-state index in [1.807, 2.05) is 0 Å². The number of imidazole rings is 1. The van der Waals surface area contributed by atoms with E-state index in [-0.39, 0.29) is 22.2 Å². The first kappa shape index (κ1) is 19.0. The third kappa shape index (κ3) is 3.67. The summed E-state index contributed by atoms with van der Waals surface area (Å²) >= 11 is 5.86. The van der Waals surface area contributed by atoms with Crippen molar-refractivity contribution in [3.8, 4) is 5.69 Å². The molecule has 142 valence electrons. The molecule has 4 N–H and O–H groups in total. The van der Waals surface area contributed by atoms with Crippen LogP contribution in [0.1, 0.15) is 31.5 Å². The summed E-state index contributed by atoms with van der Waals surface area (Å²) in [5.41, 5.74) is 6.25. The van der Waals surface area contributed by atoms with Crippen LogP contribution in [0.15, 0.2) is 43.0 Å². The Bertz CT molecular complexity index is 1060. The minimum atomic E-state index is -0.800. The largest absolute Gasteiger partial charge is 0.364 e. The quantitative estimate of drug-likeness (QED) is 0.584. The fourth-order valence-corrected chi connectivity index (χ4v) is 2.62. The Morgan fingerprint density at radius 3 is 2.29 bits per heavy atom. The molecular weight excluding hydrogens is 386 g/mol. The monoisotopic (exact) mass is 399 g/mol. The van der Waals surface area contributed by atoms with Gasteiger partial charge in [0.15, 0.2) is 16.5 Å². The average molecular weight is 400 g/mol. The van der Waals surface area contributed by atoms with Crippen LogP contribution >= 0.6 is 11.6 Å². The average Bonchev–Trinajstić information content (AvgIpc) is 3.13. The molecule has 3 rings (SSSR count). The number of primary amides is 1. The van der Waals surface area contributed by atoms with Gasteiger partial charge in [-0.2, -0.15) is 0 Å². The van der Waals surface area contributed by atoms with E-state index in [0.717, 1.165) is 0 Å². The van der Waals surface area contributed by atoms with E-state index < -0.39 is 17.7 Å². The minimum Gasteiger partial charge on any atom is -0.364 e. The first-order valence-corrected chi connectivity index (χ1v) is 8.27. The van der Waals surface area contributed by atoms with Gasteiger partial charge in [-0.05, 0) is 24.3 Å². The number of amides is 3. The van der Waals surface area contributed by atoms with Crippen LogP contribution in [-0.4, -0.2) is 44.3 Å². The molecule has 0 aliphatic carbocycles. The molecule has 1 aromatic carbocycles. The molecule has 0 aliphatic heterocycles. The second-order valence-corrected chi connectivity index (χ2v) is 5.81. The number of benzene rings is 1. The van der Waals surface area contributed by atoms with Gasteiger partial charge in [-0.3, -0.25) is 19.0 Å². The van der Waals surface area contributed by atoms with Gasteiger partial charge in [0.25, 0.3) is 17.7 Å². The molecule has 0 aliphatic rings. The standard InChI is InChI=1S/C17H14ClN7O3/c1-20-16(27)11-13(15(19)26)25(8-23-11)10-4-2-9(3-5-10)24-17(28)12-14(18)22-7-6-21-12/h2-8H,1H3,(H2,19,26)(H,20,27)(H,24,28). The lowest BCUT2D eigenvalue weighted by molar-refractivity contribution is 0.0937. The minimum absolute atomic E-state index is 0.00547. The van der Waals surface area contributed by atoms with Crippen molar-refractivity contribution in [3.63, 3.8) is 0 Å². The van der Waals surface area contributed by atoms with Crippen LogP contribution < -0.4 is 16.4 Å². The molecule has 2 aromatic heterocycles. The summed E-state index contributed by atoms with van der Waals surface area (Å²) in [6, 6.07) is 6.44. The number of hydrogen-bond donors (Lipinski definition) is 3. The Hall–Kier alpha value is -3.79. The zero-order valence-electron chi connectivity index (χ0n) is 14.5. The number of nitrogens with one attached hydrogen (secondary N) is 2. The summed E-state index contributed by atoms with van der Waals surface area (Å²) < 4.78 is 1.39. The molecule has 3 aromatic rings. The normalized spacial score (nSPS) is 10.4. The van der Waals surface area contributed by atoms with Crippen LogP contribution in [0.4, 0.5) is 5.69 Å². The van der Waals surface area contributed by atoms with Gasteiger partial charge in [0, 0.05) is 30.8 Å². The lowest BCUT2D eigenvalue weighted by atomic mass is 10.2. The highest BCUT2D eigenvalue weighted by atomic mass is 35.5. The van der Waals surface area contributed by atoms with Crippen molar-refractivity contribution in [2.45, 2.75) is 0 Å². The van der Waals surface area contributed by atoms with E-state index in [4.69, 9.17) is 17.3 Å². The van der Waals surface area contributed by atoms with Gasteiger partial charge in [0.1, 0.15) is 12.0 Å². The smallest absolute Gasteiger partial charge is 0.277 e. The van der Waals surface area contributed by atoms with Gasteiger partial charge in [-0.1, -0.05) is 11.6 Å². The zero-order chi connectivity index (χ0) is 20.3. The Labute approximate surface area is 163 Å². The van der Waals surface area contributed by atoms with Crippen molar-refractivity contribution in [3.05, 3.63) is 65.2 Å². The fourth-order valence-electron chi connectivity index (χ4n) is 2.43. The van der Waals surface area contributed by atoms with E-state index in [0.29, 0.717) is 11.4 Å². The first-order chi connectivity index (χ1) is 13.4. The van der Waals surface area contributed by atoms with E-state index in [1.165, 1.54) is 30.3 Å². The van der Waals surface area contributed by atoms with Crippen molar-refractivity contribution in [2.24, 2.45) is 5.73 Å². The summed E-state index contributed by atoms with van der Waals surface area (Å²) in [6.45, 7) is 0. The number of hydrogen-bond acceptors (Lipinski definition) is 6. The Kier molecular flexibility index (Phi) is 5.32. The maximum Gasteiger partial charge on any atom is 0.277 e. The molecule has 11 heteroatoms. The molecule has 0 saturated heterocycles. The highest BCUT2D eigenvalue weighted by molar-refractivity contribution is 6.32. The molecule has 0 fully saturated rings. The Morgan fingerprint density at radius 1 is 1.00 bits per heavy atom. The van der Waals surface area contributed by atoms with Gasteiger partial charge in [0.05, 0.1) is 0 Å². The SMILES string of the molecule is CNC(=O)c1ncn(-c2ccc(NC(=O)c3nccnc3Cl)cc2)c1C(N)=O. The summed E-state index contributed by atoms with van der Waals surface area (Å²) in [5, 5.41) is 5.03. The fraction of sp³-hybridized carbons (Fsp3) is 0.0588. The molecule has 0 spiro atoms. The van der Waals surface area contributed by atoms with Gasteiger partial charge < -0.3 is 16.4 Å². The highest BCUT2D eigenvalue weighted by Gasteiger charge is 2.22. The predicted molar refractivity (Wildman–Crippen MR) is 100 cm³/mol. The number of halogens is 1. The van der Waals surface area contributed by atoms with Crippen LogP contribution in [0.3, 0.4) is 0 Å². The van der Waals surface area contributed by atoms with Crippen LogP contribution in [0, 0.1) is 0 Å². The number of rotatable bonds is 5. The van der Waals surface area contributed by atoms with Crippen molar-refractivity contribution >= 4 is 35.0 Å². The number of anilines is 1. The van der Waals surface area contributed by atoms with Crippen molar-refractivity contribution in [1.29, 1.82) is 0 Å². The summed E-state index contributed by atoms with van der Waals surface area (Å²) in [5.74, 6) is -1.85. The second kappa shape index (κ2) is 7.84. The molecule has 3 amide bonds. The Morgan fingerprint density at radius 2 is 1.68 bits per heavy atom. The van der Waals surface area contributed by atoms with E-state index in [2.05, 4.69) is 25.6 Å². The summed E-state index contributed by atoms with van der Waals surface area (Å²) in [4.78, 5) is 47.5.